The van der Waals surface area contributed by atoms with Gasteiger partial charge in [-0.2, -0.15) is 13.2 Å². The minimum absolute atomic E-state index is 0.0951. The molecule has 0 bridgehead atoms. The number of aromatic carboxylic acids is 1. The van der Waals surface area contributed by atoms with E-state index >= 15 is 0 Å². The smallest absolute Gasteiger partial charge is 0.416 e. The second kappa shape index (κ2) is 9.46. The number of carboxylic acids is 1. The van der Waals surface area contributed by atoms with E-state index in [9.17, 15) is 23.1 Å². The molecule has 5 rings (SSSR count). The zero-order chi connectivity index (χ0) is 25.3. The summed E-state index contributed by atoms with van der Waals surface area (Å²) in [6, 6.07) is 17.5. The van der Waals surface area contributed by atoms with Crippen LogP contribution in [0.4, 0.5) is 18.9 Å². The number of nitrogens with zero attached hydrogens (tertiary/aromatic N) is 4. The summed E-state index contributed by atoms with van der Waals surface area (Å²) in [5, 5.41) is 21.1. The number of carbonyl (C=O) groups is 1. The van der Waals surface area contributed by atoms with Crippen molar-refractivity contribution in [1.82, 2.24) is 20.3 Å². The second-order valence-corrected chi connectivity index (χ2v) is 8.48. The molecule has 3 aromatic carbocycles. The van der Waals surface area contributed by atoms with Crippen LogP contribution in [-0.2, 0) is 6.18 Å². The summed E-state index contributed by atoms with van der Waals surface area (Å²) < 4.78 is 39.9. The Morgan fingerprint density at radius 2 is 1.50 bits per heavy atom. The van der Waals surface area contributed by atoms with Gasteiger partial charge < -0.3 is 15.3 Å². The molecule has 1 aromatic heterocycles. The molecule has 0 radical (unpaired) electrons. The van der Waals surface area contributed by atoms with Crippen molar-refractivity contribution in [3.05, 3.63) is 84.1 Å². The number of rotatable bonds is 5. The molecule has 0 spiro atoms. The summed E-state index contributed by atoms with van der Waals surface area (Å²) in [6.07, 6.45) is -2.87. The standard InChI is InChI=1S/C26H22F3N5O2/c27-26(28,29)21-3-7-23(8-4-21)34-16-24(31-32-34)19-13-18(14-20(15-19)25(35)36)17-1-5-22(6-2-17)33-11-9-30-10-12-33/h1-8,13-16,30H,9-12H2,(H,35,36). The molecule has 2 heterocycles. The molecule has 1 saturated heterocycles. The van der Waals surface area contributed by atoms with Crippen molar-refractivity contribution < 1.29 is 23.1 Å². The van der Waals surface area contributed by atoms with Crippen molar-refractivity contribution in [3.8, 4) is 28.1 Å². The lowest BCUT2D eigenvalue weighted by Gasteiger charge is -2.29. The summed E-state index contributed by atoms with van der Waals surface area (Å²) in [4.78, 5) is 14.1. The molecular formula is C26H22F3N5O2. The Hall–Kier alpha value is -4.18. The van der Waals surface area contributed by atoms with E-state index in [1.54, 1.807) is 12.3 Å². The highest BCUT2D eigenvalue weighted by atomic mass is 19.4. The van der Waals surface area contributed by atoms with E-state index in [0.717, 1.165) is 49.6 Å². The van der Waals surface area contributed by atoms with E-state index in [4.69, 9.17) is 0 Å². The summed E-state index contributed by atoms with van der Waals surface area (Å²) in [5.41, 5.74) is 3.35. The molecule has 10 heteroatoms. The Balaban J connectivity index is 1.45. The second-order valence-electron chi connectivity index (χ2n) is 8.48. The maximum absolute atomic E-state index is 12.9. The lowest BCUT2D eigenvalue weighted by molar-refractivity contribution is -0.137. The Morgan fingerprint density at radius 1 is 0.861 bits per heavy atom. The number of hydrogen-bond donors (Lipinski definition) is 2. The molecule has 1 aliphatic heterocycles. The third-order valence-corrected chi connectivity index (χ3v) is 6.11. The molecule has 2 N–H and O–H groups in total. The first kappa shape index (κ1) is 23.6. The Kier molecular flexibility index (Phi) is 6.19. The minimum atomic E-state index is -4.43. The number of alkyl halides is 3. The third-order valence-electron chi connectivity index (χ3n) is 6.11. The molecule has 4 aromatic rings. The van der Waals surface area contributed by atoms with Gasteiger partial charge in [-0.1, -0.05) is 17.3 Å². The lowest BCUT2D eigenvalue weighted by Crippen LogP contribution is -2.43. The maximum Gasteiger partial charge on any atom is 0.416 e. The van der Waals surface area contributed by atoms with Crippen LogP contribution in [0, 0.1) is 0 Å². The van der Waals surface area contributed by atoms with Crippen LogP contribution in [0.2, 0.25) is 0 Å². The highest BCUT2D eigenvalue weighted by molar-refractivity contribution is 5.92. The van der Waals surface area contributed by atoms with Crippen LogP contribution >= 0.6 is 0 Å². The van der Waals surface area contributed by atoms with Crippen molar-refractivity contribution >= 4 is 11.7 Å². The van der Waals surface area contributed by atoms with Crippen LogP contribution in [0.3, 0.4) is 0 Å². The van der Waals surface area contributed by atoms with Crippen LogP contribution < -0.4 is 10.2 Å². The highest BCUT2D eigenvalue weighted by Gasteiger charge is 2.30. The molecule has 0 saturated carbocycles. The highest BCUT2D eigenvalue weighted by Crippen LogP contribution is 2.31. The van der Waals surface area contributed by atoms with Crippen LogP contribution in [0.5, 0.6) is 0 Å². The van der Waals surface area contributed by atoms with Gasteiger partial charge in [0.05, 0.1) is 23.0 Å². The van der Waals surface area contributed by atoms with Crippen molar-refractivity contribution in [1.29, 1.82) is 0 Å². The van der Waals surface area contributed by atoms with E-state index in [1.807, 2.05) is 30.3 Å². The number of halogens is 3. The number of benzene rings is 3. The quantitative estimate of drug-likeness (QED) is 0.418. The van der Waals surface area contributed by atoms with Crippen molar-refractivity contribution in [2.75, 3.05) is 31.1 Å². The number of carboxylic acid groups (broad SMARTS) is 1. The summed E-state index contributed by atoms with van der Waals surface area (Å²) in [7, 11) is 0. The van der Waals surface area contributed by atoms with E-state index in [1.165, 1.54) is 22.9 Å². The van der Waals surface area contributed by atoms with Crippen LogP contribution in [0.25, 0.3) is 28.1 Å². The van der Waals surface area contributed by atoms with Gasteiger partial charge in [-0.25, -0.2) is 9.48 Å². The largest absolute Gasteiger partial charge is 0.478 e. The minimum Gasteiger partial charge on any atom is -0.478 e. The van der Waals surface area contributed by atoms with E-state index < -0.39 is 17.7 Å². The maximum atomic E-state index is 12.9. The molecule has 0 aliphatic carbocycles. The fraction of sp³-hybridized carbons (Fsp3) is 0.192. The zero-order valence-electron chi connectivity index (χ0n) is 19.0. The van der Waals surface area contributed by atoms with E-state index in [-0.39, 0.29) is 5.56 Å². The van der Waals surface area contributed by atoms with Gasteiger partial charge in [0.15, 0.2) is 0 Å². The monoisotopic (exact) mass is 493 g/mol. The Bertz CT molecular complexity index is 1380. The van der Waals surface area contributed by atoms with Crippen LogP contribution in [0.15, 0.2) is 72.9 Å². The van der Waals surface area contributed by atoms with Gasteiger partial charge in [-0.15, -0.1) is 5.10 Å². The number of aromatic nitrogens is 3. The molecule has 7 nitrogen and oxygen atoms in total. The number of hydrogen-bond acceptors (Lipinski definition) is 5. The van der Waals surface area contributed by atoms with Gasteiger partial charge in [0, 0.05) is 37.4 Å². The number of anilines is 1. The number of piperazine rings is 1. The van der Waals surface area contributed by atoms with Gasteiger partial charge in [-0.05, 0) is 65.7 Å². The summed E-state index contributed by atoms with van der Waals surface area (Å²) in [5.74, 6) is -1.08. The van der Waals surface area contributed by atoms with Crippen molar-refractivity contribution in [2.45, 2.75) is 6.18 Å². The van der Waals surface area contributed by atoms with Gasteiger partial charge in [0.2, 0.25) is 0 Å². The van der Waals surface area contributed by atoms with Crippen LogP contribution in [-0.4, -0.2) is 52.2 Å². The van der Waals surface area contributed by atoms with E-state index in [2.05, 4.69) is 20.5 Å². The third kappa shape index (κ3) is 4.94. The van der Waals surface area contributed by atoms with Crippen LogP contribution in [0.1, 0.15) is 15.9 Å². The first-order valence-electron chi connectivity index (χ1n) is 11.3. The number of nitrogens with one attached hydrogen (secondary N) is 1. The van der Waals surface area contributed by atoms with Gasteiger partial charge >= 0.3 is 12.1 Å². The average molecular weight is 493 g/mol. The first-order valence-corrected chi connectivity index (χ1v) is 11.3. The normalized spacial score (nSPS) is 14.1. The predicted molar refractivity (Wildman–Crippen MR) is 129 cm³/mol. The summed E-state index contributed by atoms with van der Waals surface area (Å²) in [6.45, 7) is 3.71. The predicted octanol–water partition coefficient (Wildman–Crippen LogP) is 4.73. The van der Waals surface area contributed by atoms with Gasteiger partial charge in [-0.3, -0.25) is 0 Å². The molecule has 0 unspecified atom stereocenters. The zero-order valence-corrected chi connectivity index (χ0v) is 19.0. The molecule has 184 valence electrons. The van der Waals surface area contributed by atoms with Gasteiger partial charge in [0.1, 0.15) is 5.69 Å². The average Bonchev–Trinajstić information content (AvgIpc) is 3.39. The molecule has 1 aliphatic rings. The molecule has 0 amide bonds. The first-order chi connectivity index (χ1) is 17.3. The lowest BCUT2D eigenvalue weighted by atomic mass is 9.98. The SMILES string of the molecule is O=C(O)c1cc(-c2ccc(N3CCNCC3)cc2)cc(-c2cn(-c3ccc(C(F)(F)F)cc3)nn2)c1. The Morgan fingerprint density at radius 3 is 2.14 bits per heavy atom. The van der Waals surface area contributed by atoms with E-state index in [0.29, 0.717) is 22.5 Å². The molecule has 36 heavy (non-hydrogen) atoms. The topological polar surface area (TPSA) is 83.3 Å². The van der Waals surface area contributed by atoms with Crippen molar-refractivity contribution in [3.63, 3.8) is 0 Å². The fourth-order valence-corrected chi connectivity index (χ4v) is 4.18. The summed E-state index contributed by atoms with van der Waals surface area (Å²) >= 11 is 0. The molecular weight excluding hydrogens is 471 g/mol. The van der Waals surface area contributed by atoms with Gasteiger partial charge in [0.25, 0.3) is 0 Å². The molecule has 1 fully saturated rings. The fourth-order valence-electron chi connectivity index (χ4n) is 4.18. The van der Waals surface area contributed by atoms with Crippen molar-refractivity contribution in [2.24, 2.45) is 0 Å². The molecule has 0 atom stereocenters. The Labute approximate surface area is 204 Å².